The first kappa shape index (κ1) is 18.3. The van der Waals surface area contributed by atoms with Gasteiger partial charge in [0.25, 0.3) is 0 Å². The van der Waals surface area contributed by atoms with E-state index in [-0.39, 0.29) is 0 Å². The third-order valence-corrected chi connectivity index (χ3v) is 5.83. The molecule has 0 saturated carbocycles. The van der Waals surface area contributed by atoms with Gasteiger partial charge in [-0.2, -0.15) is 4.31 Å². The highest BCUT2D eigenvalue weighted by molar-refractivity contribution is 7.89. The van der Waals surface area contributed by atoms with Crippen LogP contribution in [0.15, 0.2) is 71.9 Å². The van der Waals surface area contributed by atoms with E-state index >= 15 is 0 Å². The summed E-state index contributed by atoms with van der Waals surface area (Å²) < 4.78 is 27.1. The van der Waals surface area contributed by atoms with Gasteiger partial charge in [-0.25, -0.2) is 13.4 Å². The molecule has 0 radical (unpaired) electrons. The highest BCUT2D eigenvalue weighted by atomic mass is 32.2. The molecule has 0 atom stereocenters. The van der Waals surface area contributed by atoms with Crippen molar-refractivity contribution in [2.45, 2.75) is 24.5 Å². The van der Waals surface area contributed by atoms with Crippen molar-refractivity contribution in [3.63, 3.8) is 0 Å². The second-order valence-electron chi connectivity index (χ2n) is 6.03. The molecule has 0 aliphatic rings. The summed E-state index contributed by atoms with van der Waals surface area (Å²) in [5.74, 6) is 0.844. The summed E-state index contributed by atoms with van der Waals surface area (Å²) in [5, 5.41) is 3.25. The Kier molecular flexibility index (Phi) is 5.82. The zero-order chi connectivity index (χ0) is 18.4. The van der Waals surface area contributed by atoms with Gasteiger partial charge in [-0.05, 0) is 23.3 Å². The van der Waals surface area contributed by atoms with Gasteiger partial charge in [-0.1, -0.05) is 42.5 Å². The molecule has 0 spiro atoms. The van der Waals surface area contributed by atoms with Crippen LogP contribution in [0.25, 0.3) is 0 Å². The van der Waals surface area contributed by atoms with Crippen molar-refractivity contribution in [2.75, 3.05) is 7.05 Å². The van der Waals surface area contributed by atoms with Crippen LogP contribution in [0.5, 0.6) is 0 Å². The van der Waals surface area contributed by atoms with E-state index in [9.17, 15) is 8.42 Å². The maximum absolute atomic E-state index is 12.8. The van der Waals surface area contributed by atoms with E-state index in [0.29, 0.717) is 24.5 Å². The summed E-state index contributed by atoms with van der Waals surface area (Å²) in [6.45, 7) is 1.49. The highest BCUT2D eigenvalue weighted by Gasteiger charge is 2.21. The van der Waals surface area contributed by atoms with Gasteiger partial charge < -0.3 is 10.3 Å². The van der Waals surface area contributed by atoms with E-state index in [4.69, 9.17) is 0 Å². The number of benzene rings is 2. The molecule has 3 rings (SSSR count). The lowest BCUT2D eigenvalue weighted by atomic mass is 10.2. The van der Waals surface area contributed by atoms with Crippen LogP contribution in [0, 0.1) is 0 Å². The number of aromatic amines is 1. The molecular weight excluding hydrogens is 348 g/mol. The Hall–Kier alpha value is -2.48. The topological polar surface area (TPSA) is 78.1 Å². The molecule has 2 N–H and O–H groups in total. The molecule has 0 fully saturated rings. The molecule has 0 aliphatic heterocycles. The molecule has 1 heterocycles. The number of hydrogen-bond acceptors (Lipinski definition) is 4. The van der Waals surface area contributed by atoms with Gasteiger partial charge in [0, 0.05) is 32.5 Å². The fourth-order valence-corrected chi connectivity index (χ4v) is 3.87. The summed E-state index contributed by atoms with van der Waals surface area (Å²) in [4.78, 5) is 7.47. The summed E-state index contributed by atoms with van der Waals surface area (Å²) in [6, 6.07) is 16.6. The molecule has 2 aromatic carbocycles. The Balaban J connectivity index is 1.67. The third-order valence-electron chi connectivity index (χ3n) is 4.03. The third kappa shape index (κ3) is 4.57. The van der Waals surface area contributed by atoms with E-state index in [1.807, 2.05) is 36.4 Å². The zero-order valence-corrected chi connectivity index (χ0v) is 15.4. The lowest BCUT2D eigenvalue weighted by Gasteiger charge is -2.18. The maximum Gasteiger partial charge on any atom is 0.243 e. The molecule has 136 valence electrons. The van der Waals surface area contributed by atoms with Gasteiger partial charge in [0.05, 0.1) is 11.4 Å². The van der Waals surface area contributed by atoms with E-state index in [1.165, 1.54) is 4.31 Å². The molecule has 0 saturated heterocycles. The number of sulfonamides is 1. The maximum atomic E-state index is 12.8. The first-order valence-corrected chi connectivity index (χ1v) is 9.78. The minimum absolute atomic E-state index is 0.299. The van der Waals surface area contributed by atoms with Gasteiger partial charge in [0.15, 0.2) is 0 Å². The van der Waals surface area contributed by atoms with E-state index in [0.717, 1.165) is 17.0 Å². The fourth-order valence-electron chi connectivity index (χ4n) is 2.64. The lowest BCUT2D eigenvalue weighted by Crippen LogP contribution is -2.26. The summed E-state index contributed by atoms with van der Waals surface area (Å²) in [7, 11) is -1.94. The van der Waals surface area contributed by atoms with E-state index in [1.54, 1.807) is 37.6 Å². The van der Waals surface area contributed by atoms with Gasteiger partial charge in [0.2, 0.25) is 10.0 Å². The van der Waals surface area contributed by atoms with E-state index in [2.05, 4.69) is 15.3 Å². The molecule has 6 nitrogen and oxygen atoms in total. The Morgan fingerprint density at radius 2 is 1.81 bits per heavy atom. The predicted molar refractivity (Wildman–Crippen MR) is 101 cm³/mol. The molecule has 26 heavy (non-hydrogen) atoms. The molecule has 0 unspecified atom stereocenters. The summed E-state index contributed by atoms with van der Waals surface area (Å²) >= 11 is 0. The first-order valence-electron chi connectivity index (χ1n) is 8.34. The number of rotatable bonds is 8. The van der Waals surface area contributed by atoms with Crippen LogP contribution in [0.2, 0.25) is 0 Å². The van der Waals surface area contributed by atoms with Crippen molar-refractivity contribution >= 4 is 10.0 Å². The van der Waals surface area contributed by atoms with Crippen molar-refractivity contribution in [1.82, 2.24) is 19.6 Å². The van der Waals surface area contributed by atoms with Crippen LogP contribution >= 0.6 is 0 Å². The summed E-state index contributed by atoms with van der Waals surface area (Å²) in [6.07, 6.45) is 3.47. The van der Waals surface area contributed by atoms with Gasteiger partial charge in [-0.15, -0.1) is 0 Å². The van der Waals surface area contributed by atoms with Crippen LogP contribution in [-0.4, -0.2) is 29.7 Å². The molecule has 0 bridgehead atoms. The van der Waals surface area contributed by atoms with Crippen molar-refractivity contribution in [3.05, 3.63) is 83.9 Å². The molecule has 3 aromatic rings. The van der Waals surface area contributed by atoms with Crippen molar-refractivity contribution < 1.29 is 8.42 Å². The minimum Gasteiger partial charge on any atom is -0.348 e. The average molecular weight is 370 g/mol. The van der Waals surface area contributed by atoms with Gasteiger partial charge in [0.1, 0.15) is 5.82 Å². The standard InChI is InChI=1S/C19H22N4O2S/c1-23(15-16-6-3-2-4-7-16)26(24,25)18-9-5-8-17(12-18)13-20-14-19-21-10-11-22-19/h2-12,20H,13-15H2,1H3,(H,21,22). The lowest BCUT2D eigenvalue weighted by molar-refractivity contribution is 0.466. The van der Waals surface area contributed by atoms with Crippen LogP contribution in [-0.2, 0) is 29.7 Å². The highest BCUT2D eigenvalue weighted by Crippen LogP contribution is 2.18. The van der Waals surface area contributed by atoms with Crippen LogP contribution in [0.4, 0.5) is 0 Å². The fraction of sp³-hybridized carbons (Fsp3) is 0.211. The van der Waals surface area contributed by atoms with Crippen molar-refractivity contribution in [3.8, 4) is 0 Å². The van der Waals surface area contributed by atoms with Gasteiger partial charge >= 0.3 is 0 Å². The Bertz CT molecular complexity index is 925. The second-order valence-corrected chi connectivity index (χ2v) is 8.08. The average Bonchev–Trinajstić information content (AvgIpc) is 3.16. The van der Waals surface area contributed by atoms with Crippen LogP contribution in [0.1, 0.15) is 17.0 Å². The quantitative estimate of drug-likeness (QED) is 0.639. The van der Waals surface area contributed by atoms with E-state index < -0.39 is 10.0 Å². The Morgan fingerprint density at radius 1 is 1.04 bits per heavy atom. The molecule has 1 aromatic heterocycles. The van der Waals surface area contributed by atoms with Crippen LogP contribution in [0.3, 0.4) is 0 Å². The number of nitrogens with zero attached hydrogens (tertiary/aromatic N) is 2. The number of H-pyrrole nitrogens is 1. The largest absolute Gasteiger partial charge is 0.348 e. The Labute approximate surface area is 154 Å². The van der Waals surface area contributed by atoms with Crippen LogP contribution < -0.4 is 5.32 Å². The van der Waals surface area contributed by atoms with Crippen molar-refractivity contribution in [1.29, 1.82) is 0 Å². The zero-order valence-electron chi connectivity index (χ0n) is 14.6. The van der Waals surface area contributed by atoms with Gasteiger partial charge in [-0.3, -0.25) is 0 Å². The SMILES string of the molecule is CN(Cc1ccccc1)S(=O)(=O)c1cccc(CNCc2ncc[nH]2)c1. The number of hydrogen-bond donors (Lipinski definition) is 2. The summed E-state index contributed by atoms with van der Waals surface area (Å²) in [5.41, 5.74) is 1.86. The number of imidazole rings is 1. The molecule has 7 heteroatoms. The molecule has 0 amide bonds. The monoisotopic (exact) mass is 370 g/mol. The number of aromatic nitrogens is 2. The number of nitrogens with one attached hydrogen (secondary N) is 2. The molecule has 0 aliphatic carbocycles. The molecular formula is C19H22N4O2S. The normalized spacial score (nSPS) is 11.8. The second kappa shape index (κ2) is 8.27. The Morgan fingerprint density at radius 3 is 2.54 bits per heavy atom. The van der Waals surface area contributed by atoms with Crippen molar-refractivity contribution in [2.24, 2.45) is 0 Å². The smallest absolute Gasteiger partial charge is 0.243 e. The predicted octanol–water partition coefficient (Wildman–Crippen LogP) is 2.52. The minimum atomic E-state index is -3.54. The first-order chi connectivity index (χ1) is 12.6.